The summed E-state index contributed by atoms with van der Waals surface area (Å²) in [6.45, 7) is 5.70. The van der Waals surface area contributed by atoms with Crippen LogP contribution in [0.15, 0.2) is 54.7 Å². The molecule has 1 aliphatic heterocycles. The lowest BCUT2D eigenvalue weighted by Crippen LogP contribution is -2.33. The van der Waals surface area contributed by atoms with Crippen molar-refractivity contribution in [3.63, 3.8) is 0 Å². The number of anilines is 1. The van der Waals surface area contributed by atoms with Crippen LogP contribution in [0.25, 0.3) is 10.9 Å². The third-order valence-corrected chi connectivity index (χ3v) is 5.41. The zero-order valence-electron chi connectivity index (χ0n) is 15.9. The molecule has 4 heteroatoms. The molecule has 1 fully saturated rings. The summed E-state index contributed by atoms with van der Waals surface area (Å²) in [5, 5.41) is 4.13. The fourth-order valence-corrected chi connectivity index (χ4v) is 4.04. The third-order valence-electron chi connectivity index (χ3n) is 5.41. The Hall–Kier alpha value is -2.59. The van der Waals surface area contributed by atoms with Gasteiger partial charge in [0.15, 0.2) is 0 Å². The van der Waals surface area contributed by atoms with Crippen LogP contribution < -0.4 is 5.32 Å². The number of nitrogens with one attached hydrogen (secondary N) is 2. The normalized spacial score (nSPS) is 17.9. The van der Waals surface area contributed by atoms with Gasteiger partial charge in [-0.05, 0) is 54.6 Å². The van der Waals surface area contributed by atoms with Crippen molar-refractivity contribution in [2.45, 2.75) is 32.7 Å². The highest BCUT2D eigenvalue weighted by Gasteiger charge is 2.16. The van der Waals surface area contributed by atoms with Gasteiger partial charge in [0, 0.05) is 35.9 Å². The molecular formula is C23H27N3O. The average molecular weight is 361 g/mol. The standard InChI is InChI=1S/C23H27N3O/c1-17-5-4-12-26(15-17)16-18-8-10-20(11-9-18)25-23(27)13-19-14-24-22-7-3-2-6-21(19)22/h2-3,6-11,14,17,24H,4-5,12-13,15-16H2,1H3,(H,25,27)/t17-/m1/s1. The Morgan fingerprint density at radius 3 is 2.81 bits per heavy atom. The van der Waals surface area contributed by atoms with Gasteiger partial charge in [-0.25, -0.2) is 0 Å². The van der Waals surface area contributed by atoms with E-state index in [0.717, 1.165) is 34.6 Å². The second-order valence-electron chi connectivity index (χ2n) is 7.76. The molecule has 1 aliphatic rings. The van der Waals surface area contributed by atoms with Crippen molar-refractivity contribution in [1.29, 1.82) is 0 Å². The SMILES string of the molecule is C[C@@H]1CCCN(Cc2ccc(NC(=O)Cc3c[nH]c4ccccc34)cc2)C1. The van der Waals surface area contributed by atoms with Crippen molar-refractivity contribution in [3.8, 4) is 0 Å². The number of carbonyl (C=O) groups excluding carboxylic acids is 1. The summed E-state index contributed by atoms with van der Waals surface area (Å²) < 4.78 is 0. The first-order chi connectivity index (χ1) is 13.2. The zero-order valence-corrected chi connectivity index (χ0v) is 15.9. The van der Waals surface area contributed by atoms with Gasteiger partial charge in [-0.15, -0.1) is 0 Å². The summed E-state index contributed by atoms with van der Waals surface area (Å²) in [7, 11) is 0. The summed E-state index contributed by atoms with van der Waals surface area (Å²) in [5.74, 6) is 0.805. The van der Waals surface area contributed by atoms with Gasteiger partial charge in [0.2, 0.25) is 5.91 Å². The fourth-order valence-electron chi connectivity index (χ4n) is 4.04. The average Bonchev–Trinajstić information content (AvgIpc) is 3.06. The molecule has 1 atom stereocenters. The first-order valence-electron chi connectivity index (χ1n) is 9.83. The van der Waals surface area contributed by atoms with Crippen LogP contribution in [0.5, 0.6) is 0 Å². The van der Waals surface area contributed by atoms with Gasteiger partial charge in [-0.2, -0.15) is 0 Å². The Bertz CT molecular complexity index is 913. The van der Waals surface area contributed by atoms with Crippen LogP contribution in [-0.4, -0.2) is 28.9 Å². The number of aromatic amines is 1. The summed E-state index contributed by atoms with van der Waals surface area (Å²) in [6, 6.07) is 16.3. The molecule has 0 spiro atoms. The first-order valence-corrected chi connectivity index (χ1v) is 9.83. The van der Waals surface area contributed by atoms with E-state index in [2.05, 4.69) is 34.3 Å². The fraction of sp³-hybridized carbons (Fsp3) is 0.348. The van der Waals surface area contributed by atoms with Crippen LogP contribution in [0.4, 0.5) is 5.69 Å². The second kappa shape index (κ2) is 7.97. The predicted molar refractivity (Wildman–Crippen MR) is 111 cm³/mol. The van der Waals surface area contributed by atoms with Crippen LogP contribution in [0.3, 0.4) is 0 Å². The molecule has 2 N–H and O–H groups in total. The second-order valence-corrected chi connectivity index (χ2v) is 7.76. The molecule has 0 aliphatic carbocycles. The summed E-state index contributed by atoms with van der Waals surface area (Å²) >= 11 is 0. The Morgan fingerprint density at radius 2 is 2.00 bits per heavy atom. The number of fused-ring (bicyclic) bond motifs is 1. The highest BCUT2D eigenvalue weighted by molar-refractivity contribution is 5.95. The Labute approximate surface area is 160 Å². The largest absolute Gasteiger partial charge is 0.361 e. The van der Waals surface area contributed by atoms with E-state index in [1.165, 1.54) is 31.5 Å². The van der Waals surface area contributed by atoms with E-state index in [4.69, 9.17) is 0 Å². The van der Waals surface area contributed by atoms with E-state index in [9.17, 15) is 4.79 Å². The number of hydrogen-bond acceptors (Lipinski definition) is 2. The number of carbonyl (C=O) groups is 1. The van der Waals surface area contributed by atoms with Crippen molar-refractivity contribution in [2.75, 3.05) is 18.4 Å². The molecular weight excluding hydrogens is 334 g/mol. The van der Waals surface area contributed by atoms with Gasteiger partial charge >= 0.3 is 0 Å². The molecule has 27 heavy (non-hydrogen) atoms. The summed E-state index contributed by atoms with van der Waals surface area (Å²) in [4.78, 5) is 18.2. The highest BCUT2D eigenvalue weighted by atomic mass is 16.1. The van der Waals surface area contributed by atoms with Gasteiger partial charge in [0.25, 0.3) is 0 Å². The van der Waals surface area contributed by atoms with Crippen LogP contribution in [-0.2, 0) is 17.8 Å². The molecule has 0 bridgehead atoms. The number of hydrogen-bond donors (Lipinski definition) is 2. The van der Waals surface area contributed by atoms with Gasteiger partial charge in [-0.1, -0.05) is 37.3 Å². The highest BCUT2D eigenvalue weighted by Crippen LogP contribution is 2.20. The molecule has 4 rings (SSSR count). The predicted octanol–water partition coefficient (Wildman–Crippen LogP) is 4.58. The van der Waals surface area contributed by atoms with E-state index in [1.807, 2.05) is 42.6 Å². The molecule has 1 aromatic heterocycles. The maximum atomic E-state index is 12.4. The number of para-hydroxylation sites is 1. The summed E-state index contributed by atoms with van der Waals surface area (Å²) in [6.07, 6.45) is 4.94. The minimum atomic E-state index is 0.0114. The van der Waals surface area contributed by atoms with Gasteiger partial charge in [-0.3, -0.25) is 9.69 Å². The van der Waals surface area contributed by atoms with Gasteiger partial charge in [0.1, 0.15) is 0 Å². The van der Waals surface area contributed by atoms with Gasteiger partial charge in [0.05, 0.1) is 6.42 Å². The maximum Gasteiger partial charge on any atom is 0.228 e. The summed E-state index contributed by atoms with van der Waals surface area (Å²) in [5.41, 5.74) is 4.25. The molecule has 3 aromatic rings. The molecule has 1 saturated heterocycles. The number of amides is 1. The lowest BCUT2D eigenvalue weighted by molar-refractivity contribution is -0.115. The molecule has 4 nitrogen and oxygen atoms in total. The van der Waals surface area contributed by atoms with Crippen molar-refractivity contribution >= 4 is 22.5 Å². The number of piperidine rings is 1. The number of aromatic nitrogens is 1. The number of rotatable bonds is 5. The van der Waals surface area contributed by atoms with E-state index in [-0.39, 0.29) is 5.91 Å². The van der Waals surface area contributed by atoms with Crippen molar-refractivity contribution in [1.82, 2.24) is 9.88 Å². The Morgan fingerprint density at radius 1 is 1.19 bits per heavy atom. The molecule has 2 heterocycles. The minimum Gasteiger partial charge on any atom is -0.361 e. The first kappa shape index (κ1) is 17.8. The zero-order chi connectivity index (χ0) is 18.6. The number of nitrogens with zero attached hydrogens (tertiary/aromatic N) is 1. The monoisotopic (exact) mass is 361 g/mol. The van der Waals surface area contributed by atoms with Crippen LogP contribution in [0.1, 0.15) is 30.9 Å². The Balaban J connectivity index is 1.34. The number of benzene rings is 2. The minimum absolute atomic E-state index is 0.0114. The molecule has 2 aromatic carbocycles. The lowest BCUT2D eigenvalue weighted by atomic mass is 10.00. The van der Waals surface area contributed by atoms with Crippen LogP contribution >= 0.6 is 0 Å². The van der Waals surface area contributed by atoms with E-state index in [1.54, 1.807) is 0 Å². The van der Waals surface area contributed by atoms with Crippen LogP contribution in [0.2, 0.25) is 0 Å². The molecule has 0 radical (unpaired) electrons. The van der Waals surface area contributed by atoms with E-state index >= 15 is 0 Å². The van der Waals surface area contributed by atoms with Gasteiger partial charge < -0.3 is 10.3 Å². The smallest absolute Gasteiger partial charge is 0.228 e. The Kier molecular flexibility index (Phi) is 5.26. The molecule has 0 saturated carbocycles. The molecule has 0 unspecified atom stereocenters. The molecule has 140 valence electrons. The lowest BCUT2D eigenvalue weighted by Gasteiger charge is -2.30. The van der Waals surface area contributed by atoms with Crippen molar-refractivity contribution < 1.29 is 4.79 Å². The maximum absolute atomic E-state index is 12.4. The van der Waals surface area contributed by atoms with Crippen molar-refractivity contribution in [3.05, 3.63) is 65.9 Å². The van der Waals surface area contributed by atoms with E-state index in [0.29, 0.717) is 6.42 Å². The topological polar surface area (TPSA) is 48.1 Å². The number of H-pyrrole nitrogens is 1. The van der Waals surface area contributed by atoms with E-state index < -0.39 is 0 Å². The molecule has 1 amide bonds. The third kappa shape index (κ3) is 4.40. The van der Waals surface area contributed by atoms with Crippen molar-refractivity contribution in [2.24, 2.45) is 5.92 Å². The van der Waals surface area contributed by atoms with Crippen LogP contribution in [0, 0.1) is 5.92 Å². The number of likely N-dealkylation sites (tertiary alicyclic amines) is 1. The quantitative estimate of drug-likeness (QED) is 0.699.